The lowest BCUT2D eigenvalue weighted by Gasteiger charge is -2.32. The number of fused-ring (bicyclic) bond motifs is 1. The van der Waals surface area contributed by atoms with Gasteiger partial charge in [-0.2, -0.15) is 0 Å². The van der Waals surface area contributed by atoms with Gasteiger partial charge in [0, 0.05) is 5.39 Å². The van der Waals surface area contributed by atoms with Crippen molar-refractivity contribution in [1.29, 1.82) is 0 Å². The van der Waals surface area contributed by atoms with Crippen molar-refractivity contribution < 1.29 is 14.0 Å². The van der Waals surface area contributed by atoms with Gasteiger partial charge in [0.05, 0.1) is 11.2 Å². The molecule has 0 spiro atoms. The van der Waals surface area contributed by atoms with Crippen LogP contribution in [0, 0.1) is 0 Å². The number of ether oxygens (including phenoxy) is 1. The van der Waals surface area contributed by atoms with E-state index in [1.165, 1.54) is 5.39 Å². The van der Waals surface area contributed by atoms with Crippen molar-refractivity contribution in [2.45, 2.75) is 45.5 Å². The van der Waals surface area contributed by atoms with Crippen molar-refractivity contribution in [3.63, 3.8) is 0 Å². The minimum absolute atomic E-state index is 0.340. The van der Waals surface area contributed by atoms with Crippen LogP contribution in [0.3, 0.4) is 0 Å². The summed E-state index contributed by atoms with van der Waals surface area (Å²) in [6, 6.07) is 22.7. The van der Waals surface area contributed by atoms with Crippen LogP contribution in [0.1, 0.15) is 33.3 Å². The highest BCUT2D eigenvalue weighted by Gasteiger charge is 2.51. The zero-order valence-electron chi connectivity index (χ0n) is 16.4. The number of rotatable bonds is 4. The summed E-state index contributed by atoms with van der Waals surface area (Å²) in [6.45, 7) is 8.78. The normalized spacial score (nSPS) is 18.0. The van der Waals surface area contributed by atoms with Gasteiger partial charge in [-0.05, 0) is 50.2 Å². The van der Waals surface area contributed by atoms with Crippen LogP contribution in [0.15, 0.2) is 66.7 Å². The monoisotopic (exact) mass is 360 g/mol. The molecule has 0 unspecified atom stereocenters. The van der Waals surface area contributed by atoms with E-state index < -0.39 is 0 Å². The molecule has 0 N–H and O–H groups in total. The molecule has 4 heteroatoms. The van der Waals surface area contributed by atoms with Crippen LogP contribution in [0.2, 0.25) is 0 Å². The first-order valence-corrected chi connectivity index (χ1v) is 9.41. The van der Waals surface area contributed by atoms with Crippen molar-refractivity contribution in [2.24, 2.45) is 0 Å². The minimum atomic E-state index is -0.354. The Hall–Kier alpha value is -2.30. The minimum Gasteiger partial charge on any atom is -0.488 e. The summed E-state index contributed by atoms with van der Waals surface area (Å²) >= 11 is 0. The summed E-state index contributed by atoms with van der Waals surface area (Å²) in [4.78, 5) is 0. The first kappa shape index (κ1) is 18.1. The Labute approximate surface area is 161 Å². The Kier molecular flexibility index (Phi) is 4.49. The van der Waals surface area contributed by atoms with E-state index in [1.807, 2.05) is 36.4 Å². The molecule has 0 amide bonds. The van der Waals surface area contributed by atoms with Gasteiger partial charge in [-0.3, -0.25) is 0 Å². The van der Waals surface area contributed by atoms with E-state index in [-0.39, 0.29) is 18.3 Å². The average molecular weight is 360 g/mol. The molecular formula is C23H25BO3. The lowest BCUT2D eigenvalue weighted by atomic mass is 9.78. The Balaban J connectivity index is 1.52. The van der Waals surface area contributed by atoms with Crippen LogP contribution in [-0.2, 0) is 15.9 Å². The zero-order valence-corrected chi connectivity index (χ0v) is 16.4. The fraction of sp³-hybridized carbons (Fsp3) is 0.304. The molecule has 1 saturated heterocycles. The summed E-state index contributed by atoms with van der Waals surface area (Å²) in [5, 5.41) is 2.31. The molecule has 1 fully saturated rings. The molecule has 3 aromatic rings. The smallest absolute Gasteiger partial charge is 0.488 e. The molecule has 0 aliphatic carbocycles. The van der Waals surface area contributed by atoms with Crippen LogP contribution in [0.25, 0.3) is 10.8 Å². The highest BCUT2D eigenvalue weighted by molar-refractivity contribution is 6.62. The second kappa shape index (κ2) is 6.70. The highest BCUT2D eigenvalue weighted by atomic mass is 16.7. The molecule has 3 nitrogen and oxygen atoms in total. The Morgan fingerprint density at radius 2 is 1.48 bits per heavy atom. The Morgan fingerprint density at radius 1 is 0.815 bits per heavy atom. The fourth-order valence-corrected chi connectivity index (χ4v) is 3.29. The Bertz CT molecular complexity index is 943. The topological polar surface area (TPSA) is 27.7 Å². The second-order valence-corrected chi connectivity index (χ2v) is 8.10. The SMILES string of the molecule is CC1(C)OB(c2cccc(COc3cccc4ccccc34)c2)OC1(C)C. The van der Waals surface area contributed by atoms with E-state index in [0.29, 0.717) is 6.61 Å². The van der Waals surface area contributed by atoms with Crippen molar-refractivity contribution in [2.75, 3.05) is 0 Å². The largest absolute Gasteiger partial charge is 0.494 e. The summed E-state index contributed by atoms with van der Waals surface area (Å²) < 4.78 is 18.4. The maximum atomic E-state index is 6.16. The van der Waals surface area contributed by atoms with Gasteiger partial charge in [-0.15, -0.1) is 0 Å². The molecule has 27 heavy (non-hydrogen) atoms. The van der Waals surface area contributed by atoms with Gasteiger partial charge >= 0.3 is 7.12 Å². The molecule has 4 rings (SSSR count). The van der Waals surface area contributed by atoms with Crippen LogP contribution in [0.4, 0.5) is 0 Å². The fourth-order valence-electron chi connectivity index (χ4n) is 3.29. The van der Waals surface area contributed by atoms with Gasteiger partial charge in [0.1, 0.15) is 12.4 Å². The van der Waals surface area contributed by atoms with Gasteiger partial charge in [-0.1, -0.05) is 60.7 Å². The van der Waals surface area contributed by atoms with Gasteiger partial charge in [0.25, 0.3) is 0 Å². The quantitative estimate of drug-likeness (QED) is 0.631. The van der Waals surface area contributed by atoms with Crippen LogP contribution in [-0.4, -0.2) is 18.3 Å². The van der Waals surface area contributed by atoms with Gasteiger partial charge < -0.3 is 14.0 Å². The summed E-state index contributed by atoms with van der Waals surface area (Å²) in [5.41, 5.74) is 1.43. The molecule has 0 saturated carbocycles. The summed E-state index contributed by atoms with van der Waals surface area (Å²) in [5.74, 6) is 0.897. The van der Waals surface area contributed by atoms with Crippen molar-refractivity contribution in [3.8, 4) is 5.75 Å². The maximum Gasteiger partial charge on any atom is 0.494 e. The molecule has 1 aliphatic heterocycles. The lowest BCUT2D eigenvalue weighted by molar-refractivity contribution is 0.00578. The Morgan fingerprint density at radius 3 is 2.26 bits per heavy atom. The van der Waals surface area contributed by atoms with Crippen molar-refractivity contribution in [3.05, 3.63) is 72.3 Å². The average Bonchev–Trinajstić information content (AvgIpc) is 2.88. The van der Waals surface area contributed by atoms with Gasteiger partial charge in [-0.25, -0.2) is 0 Å². The lowest BCUT2D eigenvalue weighted by Crippen LogP contribution is -2.41. The van der Waals surface area contributed by atoms with Crippen molar-refractivity contribution in [1.82, 2.24) is 0 Å². The zero-order chi connectivity index (χ0) is 19.1. The molecule has 138 valence electrons. The molecule has 0 atom stereocenters. The predicted molar refractivity (Wildman–Crippen MR) is 110 cm³/mol. The molecule has 0 bridgehead atoms. The molecule has 0 aromatic heterocycles. The third-order valence-electron chi connectivity index (χ3n) is 5.62. The maximum absolute atomic E-state index is 6.16. The van der Waals surface area contributed by atoms with Crippen LogP contribution >= 0.6 is 0 Å². The van der Waals surface area contributed by atoms with Crippen LogP contribution in [0.5, 0.6) is 5.75 Å². The third kappa shape index (κ3) is 3.47. The molecule has 0 radical (unpaired) electrons. The van der Waals surface area contributed by atoms with Gasteiger partial charge in [0.15, 0.2) is 0 Å². The molecular weight excluding hydrogens is 335 g/mol. The van der Waals surface area contributed by atoms with Crippen LogP contribution < -0.4 is 10.2 Å². The number of benzene rings is 3. The van der Waals surface area contributed by atoms with Crippen molar-refractivity contribution >= 4 is 23.4 Å². The molecule has 1 aliphatic rings. The summed E-state index contributed by atoms with van der Waals surface area (Å²) in [7, 11) is -0.354. The van der Waals surface area contributed by atoms with E-state index in [1.54, 1.807) is 0 Å². The van der Waals surface area contributed by atoms with E-state index in [0.717, 1.165) is 22.2 Å². The van der Waals surface area contributed by atoms with E-state index in [4.69, 9.17) is 14.0 Å². The molecule has 1 heterocycles. The van der Waals surface area contributed by atoms with Gasteiger partial charge in [0.2, 0.25) is 0 Å². The first-order valence-electron chi connectivity index (χ1n) is 9.41. The molecule has 3 aromatic carbocycles. The third-order valence-corrected chi connectivity index (χ3v) is 5.62. The highest BCUT2D eigenvalue weighted by Crippen LogP contribution is 2.36. The number of hydrogen-bond acceptors (Lipinski definition) is 3. The van der Waals surface area contributed by atoms with E-state index in [9.17, 15) is 0 Å². The standard InChI is InChI=1S/C23H25BO3/c1-22(2)23(3,4)27-24(26-22)19-12-7-9-17(15-19)16-25-21-14-8-11-18-10-5-6-13-20(18)21/h5-15H,16H2,1-4H3. The second-order valence-electron chi connectivity index (χ2n) is 8.10. The predicted octanol–water partition coefficient (Wildman–Crippen LogP) is 4.72. The van der Waals surface area contributed by atoms with E-state index in [2.05, 4.69) is 58.0 Å². The van der Waals surface area contributed by atoms with E-state index >= 15 is 0 Å². The first-order chi connectivity index (χ1) is 12.9. The number of hydrogen-bond donors (Lipinski definition) is 0. The summed E-state index contributed by atoms with van der Waals surface area (Å²) in [6.07, 6.45) is 0.